The molecule has 0 aromatic rings. The van der Waals surface area contributed by atoms with E-state index in [0.717, 1.165) is 25.7 Å². The molecule has 0 saturated carbocycles. The van der Waals surface area contributed by atoms with Gasteiger partial charge in [0.25, 0.3) is 0 Å². The Bertz CT molecular complexity index is 827. The highest BCUT2D eigenvalue weighted by molar-refractivity contribution is 5.72. The number of hydrogen-bond donors (Lipinski definition) is 4. The first kappa shape index (κ1) is 58.5. The second-order valence-corrected chi connectivity index (χ2v) is 16.4. The normalized spacial score (nSPS) is 13.0. The summed E-state index contributed by atoms with van der Waals surface area (Å²) >= 11 is 0. The zero-order valence-corrected chi connectivity index (χ0v) is 37.4. The van der Waals surface area contributed by atoms with Crippen molar-refractivity contribution in [2.24, 2.45) is 0 Å². The predicted molar refractivity (Wildman–Crippen MR) is 226 cm³/mol. The molecule has 0 bridgehead atoms. The Morgan fingerprint density at radius 2 is 0.643 bits per heavy atom. The fraction of sp³-hybridized carbons (Fsp3) is 0.870. The van der Waals surface area contributed by atoms with Crippen LogP contribution < -0.4 is 10.2 Å². The van der Waals surface area contributed by atoms with Gasteiger partial charge in [-0.2, -0.15) is 20.8 Å². The minimum atomic E-state index is -1.37. The molecule has 4 N–H and O–H groups in total. The van der Waals surface area contributed by atoms with Gasteiger partial charge in [-0.3, -0.25) is 0 Å². The molecule has 56 heavy (non-hydrogen) atoms. The summed E-state index contributed by atoms with van der Waals surface area (Å²) in [6.45, 7) is 8.31. The Labute approximate surface area is 345 Å². The average molecular weight is 801 g/mol. The number of rotatable bonds is 37. The van der Waals surface area contributed by atoms with Crippen molar-refractivity contribution in [2.45, 2.75) is 245 Å². The predicted octanol–water partition coefficient (Wildman–Crippen LogP) is 11.3. The molecule has 10 nitrogen and oxygen atoms in total. The van der Waals surface area contributed by atoms with Gasteiger partial charge in [-0.05, 0) is 101 Å². The van der Waals surface area contributed by atoms with Crippen molar-refractivity contribution >= 4 is 11.9 Å². The average Bonchev–Trinajstić information content (AvgIpc) is 3.13. The highest BCUT2D eigenvalue weighted by atomic mass is 16.8. The maximum Gasteiger partial charge on any atom is 0.149 e. The van der Waals surface area contributed by atoms with Crippen LogP contribution in [0, 0.1) is 0 Å². The van der Waals surface area contributed by atoms with Crippen LogP contribution in [0.5, 0.6) is 0 Å². The van der Waals surface area contributed by atoms with Crippen LogP contribution in [0.3, 0.4) is 0 Å². The van der Waals surface area contributed by atoms with Gasteiger partial charge in [0.2, 0.25) is 0 Å². The minimum absolute atomic E-state index is 0.0956. The quantitative estimate of drug-likeness (QED) is 0.0209. The lowest BCUT2D eigenvalue weighted by atomic mass is 10.1. The van der Waals surface area contributed by atoms with E-state index in [4.69, 9.17) is 0 Å². The summed E-state index contributed by atoms with van der Waals surface area (Å²) < 4.78 is 0. The van der Waals surface area contributed by atoms with Crippen LogP contribution in [0.2, 0.25) is 0 Å². The Kier molecular flexibility index (Phi) is 44.7. The molecule has 2 atom stereocenters. The van der Waals surface area contributed by atoms with Crippen molar-refractivity contribution < 1.29 is 50.3 Å². The van der Waals surface area contributed by atoms with E-state index < -0.39 is 34.4 Å². The van der Waals surface area contributed by atoms with Crippen LogP contribution in [0.25, 0.3) is 0 Å². The van der Waals surface area contributed by atoms with Crippen molar-refractivity contribution in [3.05, 3.63) is 24.3 Å². The summed E-state index contributed by atoms with van der Waals surface area (Å²) in [5, 5.41) is 56.6. The number of unbranched alkanes of at least 4 members (excludes halogenated alkanes) is 24. The molecule has 0 aliphatic heterocycles. The molecule has 0 aromatic heterocycles. The number of nitrogens with zero attached hydrogens (tertiary/aromatic N) is 2. The molecule has 0 spiro atoms. The topological polar surface area (TPSA) is 161 Å². The first-order valence-electron chi connectivity index (χ1n) is 22.9. The van der Waals surface area contributed by atoms with Gasteiger partial charge in [0.05, 0.1) is 0 Å². The summed E-state index contributed by atoms with van der Waals surface area (Å²) in [7, 11) is 2.84. The van der Waals surface area contributed by atoms with E-state index in [-0.39, 0.29) is 12.1 Å². The third kappa shape index (κ3) is 52.2. The van der Waals surface area contributed by atoms with Crippen molar-refractivity contribution in [1.29, 1.82) is 0 Å². The number of quaternary nitrogens is 2. The van der Waals surface area contributed by atoms with Crippen LogP contribution in [-0.2, 0) is 9.59 Å². The maximum atomic E-state index is 9.50. The van der Waals surface area contributed by atoms with E-state index in [2.05, 4.69) is 38.2 Å². The Morgan fingerprint density at radius 3 is 0.857 bits per heavy atom. The van der Waals surface area contributed by atoms with Gasteiger partial charge in [-0.25, -0.2) is 0 Å². The monoisotopic (exact) mass is 801 g/mol. The molecule has 0 aromatic carbocycles. The van der Waals surface area contributed by atoms with Crippen LogP contribution in [0.1, 0.15) is 233 Å². The fourth-order valence-corrected chi connectivity index (χ4v) is 6.07. The van der Waals surface area contributed by atoms with E-state index in [9.17, 15) is 40.6 Å². The summed E-state index contributed by atoms with van der Waals surface area (Å²) in [5.41, 5.74) is 0. The third-order valence-corrected chi connectivity index (χ3v) is 10.5. The molecular weight excluding hydrogens is 709 g/mol. The SMILES string of the molecule is CCCCCCCC/C=C\CCCCCCCCC(C)[N+](C)(O)O.CCCCCCCC/C=C\CCCCCCCCC(C)[N+](C)(O)O.O=C([O-])CCC(=O)[O-]. The lowest BCUT2D eigenvalue weighted by molar-refractivity contribution is -1.25. The fourth-order valence-electron chi connectivity index (χ4n) is 6.07. The van der Waals surface area contributed by atoms with E-state index in [0.29, 0.717) is 0 Å². The number of aliphatic carboxylic acids is 2. The number of carboxylic acids is 2. The lowest BCUT2D eigenvalue weighted by Crippen LogP contribution is -2.44. The molecule has 0 saturated heterocycles. The molecule has 0 heterocycles. The van der Waals surface area contributed by atoms with Crippen molar-refractivity contribution in [2.75, 3.05) is 14.1 Å². The van der Waals surface area contributed by atoms with E-state index in [1.54, 1.807) is 0 Å². The summed E-state index contributed by atoms with van der Waals surface area (Å²) in [6, 6.07) is -0.191. The van der Waals surface area contributed by atoms with Crippen LogP contribution in [-0.4, -0.2) is 68.6 Å². The van der Waals surface area contributed by atoms with Gasteiger partial charge in [0.15, 0.2) is 0 Å². The highest BCUT2D eigenvalue weighted by Crippen LogP contribution is 2.16. The summed E-state index contributed by atoms with van der Waals surface area (Å²) in [4.78, 5) is 17.2. The number of hydroxylamine groups is 8. The summed E-state index contributed by atoms with van der Waals surface area (Å²) in [6.07, 6.45) is 47.0. The second-order valence-electron chi connectivity index (χ2n) is 16.4. The first-order valence-corrected chi connectivity index (χ1v) is 22.9. The zero-order chi connectivity index (χ0) is 42.8. The molecule has 10 heteroatoms. The Hall–Kier alpha value is -1.82. The largest absolute Gasteiger partial charge is 0.550 e. The van der Waals surface area contributed by atoms with Gasteiger partial charge in [0.1, 0.15) is 26.2 Å². The van der Waals surface area contributed by atoms with E-state index >= 15 is 0 Å². The molecular formula is C46H92N2O8. The van der Waals surface area contributed by atoms with Gasteiger partial charge in [0, 0.05) is 24.8 Å². The van der Waals surface area contributed by atoms with E-state index in [1.807, 2.05) is 13.8 Å². The van der Waals surface area contributed by atoms with E-state index in [1.165, 1.54) is 181 Å². The number of hydrogen-bond acceptors (Lipinski definition) is 8. The van der Waals surface area contributed by atoms with Crippen LogP contribution in [0.15, 0.2) is 24.3 Å². The van der Waals surface area contributed by atoms with Crippen molar-refractivity contribution in [3.8, 4) is 0 Å². The standard InChI is InChI=1S/2C21H44NO2.C4H6O4/c2*1-4-5-6-7-8-9-10-11-12-13-14-15-16-17-18-19-20-21(2)22(3,23)24;5-3(6)1-2-4(7)8/h2*11-12,21,23-24H,4-10,13-20H2,1-3H3;1-2H2,(H,5,6)(H,7,8)/q2*+1;/p-2/b2*12-11-;. The summed E-state index contributed by atoms with van der Waals surface area (Å²) in [5.74, 6) is -2.73. The number of carbonyl (C=O) groups is 2. The van der Waals surface area contributed by atoms with Gasteiger partial charge < -0.3 is 19.8 Å². The molecule has 2 unspecified atom stereocenters. The molecule has 0 fully saturated rings. The smallest absolute Gasteiger partial charge is 0.149 e. The highest BCUT2D eigenvalue weighted by Gasteiger charge is 2.25. The van der Waals surface area contributed by atoms with Crippen molar-refractivity contribution in [3.63, 3.8) is 0 Å². The Balaban J connectivity index is -0.000000839. The van der Waals surface area contributed by atoms with Crippen LogP contribution >= 0.6 is 0 Å². The van der Waals surface area contributed by atoms with Crippen molar-refractivity contribution in [1.82, 2.24) is 0 Å². The molecule has 0 amide bonds. The minimum Gasteiger partial charge on any atom is -0.550 e. The molecule has 0 rings (SSSR count). The van der Waals surface area contributed by atoms with Crippen LogP contribution in [0.4, 0.5) is 0 Å². The second kappa shape index (κ2) is 42.8. The zero-order valence-electron chi connectivity index (χ0n) is 37.4. The molecule has 0 aliphatic rings. The number of carboxylic acid groups (broad SMARTS) is 2. The maximum absolute atomic E-state index is 9.50. The van der Waals surface area contributed by atoms with Gasteiger partial charge in [-0.15, -0.1) is 0 Å². The molecule has 0 aliphatic carbocycles. The molecule has 0 radical (unpaired) electrons. The Morgan fingerprint density at radius 1 is 0.429 bits per heavy atom. The van der Waals surface area contributed by atoms with Gasteiger partial charge >= 0.3 is 0 Å². The lowest BCUT2D eigenvalue weighted by Gasteiger charge is -2.23. The number of allylic oxidation sites excluding steroid dienone is 4. The number of carbonyl (C=O) groups excluding carboxylic acids is 2. The first-order chi connectivity index (χ1) is 26.6. The van der Waals surface area contributed by atoms with Gasteiger partial charge in [-0.1, -0.05) is 154 Å². The molecule has 334 valence electrons. The third-order valence-electron chi connectivity index (χ3n) is 10.5.